The number of nitrogen functional groups attached to an aromatic ring is 1. The molecule has 0 saturated carbocycles. The second-order valence-electron chi connectivity index (χ2n) is 7.09. The third-order valence-corrected chi connectivity index (χ3v) is 7.93. The fourth-order valence-corrected chi connectivity index (χ4v) is 6.14. The number of thioether (sulfide) groups is 2. The van der Waals surface area contributed by atoms with E-state index >= 15 is 0 Å². The number of nitrogens with zero attached hydrogens (tertiary/aromatic N) is 7. The highest BCUT2D eigenvalue weighted by Crippen LogP contribution is 2.41. The van der Waals surface area contributed by atoms with E-state index in [0.29, 0.717) is 22.2 Å². The van der Waals surface area contributed by atoms with E-state index in [0.717, 1.165) is 11.3 Å². The highest BCUT2D eigenvalue weighted by atomic mass is 32.2. The number of aliphatic carboxylic acids is 1. The molecule has 1 saturated heterocycles. The highest BCUT2D eigenvalue weighted by molar-refractivity contribution is 8.01. The van der Waals surface area contributed by atoms with Crippen LogP contribution in [0.1, 0.15) is 5.69 Å². The lowest BCUT2D eigenvalue weighted by atomic mass is 10.0. The fourth-order valence-electron chi connectivity index (χ4n) is 3.25. The second-order valence-corrected chi connectivity index (χ2v) is 10.0. The first-order valence-electron chi connectivity index (χ1n) is 9.90. The summed E-state index contributed by atoms with van der Waals surface area (Å²) in [7, 11) is 1.67. The van der Waals surface area contributed by atoms with Crippen LogP contribution in [0.5, 0.6) is 0 Å². The minimum atomic E-state index is -1.22. The lowest BCUT2D eigenvalue weighted by Crippen LogP contribution is -2.71. The predicted octanol–water partition coefficient (Wildman–Crippen LogP) is -0.314. The van der Waals surface area contributed by atoms with Gasteiger partial charge >= 0.3 is 5.97 Å². The minimum Gasteiger partial charge on any atom is -0.477 e. The Morgan fingerprint density at radius 3 is 2.94 bits per heavy atom. The molecule has 1 unspecified atom stereocenters. The summed E-state index contributed by atoms with van der Waals surface area (Å²) in [6, 6.07) is -0.945. The smallest absolute Gasteiger partial charge is 0.352 e. The third-order valence-electron chi connectivity index (χ3n) is 4.82. The van der Waals surface area contributed by atoms with Crippen LogP contribution in [0.3, 0.4) is 0 Å². The van der Waals surface area contributed by atoms with Gasteiger partial charge in [-0.15, -0.1) is 28.2 Å². The number of carbonyl (C=O) groups excluding carboxylic acids is 2. The Bertz CT molecular complexity index is 1240. The molecule has 0 radical (unpaired) electrons. The monoisotopic (exact) mass is 537 g/mol. The minimum absolute atomic E-state index is 0.0585. The number of hydrogen-bond donors (Lipinski definition) is 3. The molecule has 2 aliphatic heterocycles. The highest BCUT2D eigenvalue weighted by Gasteiger charge is 2.54. The largest absolute Gasteiger partial charge is 0.477 e. The Kier molecular flexibility index (Phi) is 7.37. The number of fused-ring (bicyclic) bond motifs is 1. The third kappa shape index (κ3) is 5.01. The van der Waals surface area contributed by atoms with Gasteiger partial charge in [0.1, 0.15) is 29.4 Å². The Hall–Kier alpha value is -3.44. The van der Waals surface area contributed by atoms with E-state index in [2.05, 4.69) is 37.6 Å². The van der Waals surface area contributed by atoms with Crippen LogP contribution in [-0.2, 0) is 26.3 Å². The van der Waals surface area contributed by atoms with Crippen molar-refractivity contribution in [1.82, 2.24) is 35.4 Å². The van der Waals surface area contributed by atoms with Crippen LogP contribution in [-0.4, -0.2) is 88.2 Å². The zero-order valence-corrected chi connectivity index (χ0v) is 20.6. The molecular weight excluding hydrogens is 518 g/mol. The summed E-state index contributed by atoms with van der Waals surface area (Å²) in [5.74, 6) is -1.82. The maximum absolute atomic E-state index is 13.0. The van der Waals surface area contributed by atoms with E-state index in [4.69, 9.17) is 10.6 Å². The van der Waals surface area contributed by atoms with Gasteiger partial charge in [-0.05, 0) is 16.0 Å². The topological polar surface area (TPSA) is 191 Å². The van der Waals surface area contributed by atoms with Crippen LogP contribution in [0.2, 0.25) is 0 Å². The summed E-state index contributed by atoms with van der Waals surface area (Å²) >= 11 is 3.73. The zero-order valence-electron chi connectivity index (χ0n) is 18.2. The zero-order chi connectivity index (χ0) is 25.1. The number of hydrogen-bond acceptors (Lipinski definition) is 13. The molecule has 2 aromatic rings. The van der Waals surface area contributed by atoms with Crippen LogP contribution in [0.25, 0.3) is 0 Å². The van der Waals surface area contributed by atoms with E-state index in [1.807, 2.05) is 0 Å². The van der Waals surface area contributed by atoms with Gasteiger partial charge < -0.3 is 21.0 Å². The number of carboxylic acids is 1. The van der Waals surface area contributed by atoms with Crippen molar-refractivity contribution < 1.29 is 24.3 Å². The number of carboxylic acid groups (broad SMARTS) is 1. The number of rotatable bonds is 10. The molecule has 2 atom stereocenters. The Morgan fingerprint density at radius 2 is 2.31 bits per heavy atom. The number of anilines is 1. The van der Waals surface area contributed by atoms with Crippen LogP contribution < -0.4 is 11.1 Å². The van der Waals surface area contributed by atoms with Gasteiger partial charge in [-0.25, -0.2) is 14.5 Å². The molecule has 184 valence electrons. The number of aryl methyl sites for hydroxylation is 1. The van der Waals surface area contributed by atoms with Crippen molar-refractivity contribution in [2.75, 3.05) is 23.8 Å². The Labute approximate surface area is 210 Å². The summed E-state index contributed by atoms with van der Waals surface area (Å²) in [4.78, 5) is 48.2. The van der Waals surface area contributed by atoms with Gasteiger partial charge in [-0.1, -0.05) is 29.6 Å². The molecule has 0 spiro atoms. The number of tetrazole rings is 1. The molecule has 4 heterocycles. The molecule has 2 aromatic heterocycles. The molecule has 4 N–H and O–H groups in total. The van der Waals surface area contributed by atoms with Crippen molar-refractivity contribution in [3.8, 4) is 0 Å². The van der Waals surface area contributed by atoms with Gasteiger partial charge in [0, 0.05) is 23.9 Å². The standard InChI is InChI=1S/C18H19N9O5S3/c1-3-4-32-23-10(9-7-34-17(19)20-9)13(28)21-11-14(29)27-12(16(30)31)8(5-33-15(11)27)6-35-18-22-24-25-26(18)2/h3,7,11,15H,1,4-6H2,2H3,(H2,19,20)(H,21,28)(H,30,31)/t11?,15-/m0/s1. The maximum atomic E-state index is 13.0. The van der Waals surface area contributed by atoms with Crippen molar-refractivity contribution in [3.63, 3.8) is 0 Å². The average Bonchev–Trinajstić information content (AvgIpc) is 3.45. The quantitative estimate of drug-likeness (QED) is 0.0895. The fraction of sp³-hybridized carbons (Fsp3) is 0.333. The molecule has 2 amide bonds. The van der Waals surface area contributed by atoms with Crippen molar-refractivity contribution in [1.29, 1.82) is 0 Å². The number of nitrogens with two attached hydrogens (primary N) is 1. The first-order valence-corrected chi connectivity index (χ1v) is 12.8. The van der Waals surface area contributed by atoms with Gasteiger partial charge in [0.2, 0.25) is 5.16 Å². The van der Waals surface area contributed by atoms with Crippen molar-refractivity contribution in [3.05, 3.63) is 35.0 Å². The summed E-state index contributed by atoms with van der Waals surface area (Å²) in [5.41, 5.74) is 6.16. The molecule has 0 aliphatic carbocycles. The second kappa shape index (κ2) is 10.4. The van der Waals surface area contributed by atoms with E-state index in [9.17, 15) is 19.5 Å². The van der Waals surface area contributed by atoms with Gasteiger partial charge in [-0.3, -0.25) is 14.5 Å². The SMILES string of the molecule is C=CCON=C(C(=O)NC1C(=O)N2C(C(=O)O)=C(CSc3nnnn3C)CS[C@@H]12)c1csc(N)n1. The van der Waals surface area contributed by atoms with Gasteiger partial charge in [0.05, 0.1) is 0 Å². The first-order chi connectivity index (χ1) is 16.8. The number of nitrogens with one attached hydrogen (secondary N) is 1. The number of β-lactam (4-membered cyclic amide) rings is 1. The molecular formula is C18H19N9O5S3. The lowest BCUT2D eigenvalue weighted by Gasteiger charge is -2.49. The van der Waals surface area contributed by atoms with Gasteiger partial charge in [-0.2, -0.15) is 0 Å². The van der Waals surface area contributed by atoms with Crippen LogP contribution in [0.15, 0.2) is 39.6 Å². The van der Waals surface area contributed by atoms with E-state index in [-0.39, 0.29) is 28.8 Å². The number of aromatic nitrogens is 5. The summed E-state index contributed by atoms with van der Waals surface area (Å²) in [6.45, 7) is 3.58. The molecule has 4 rings (SSSR count). The molecule has 35 heavy (non-hydrogen) atoms. The molecule has 17 heteroatoms. The number of amides is 2. The first kappa shape index (κ1) is 24.7. The van der Waals surface area contributed by atoms with E-state index in [1.54, 1.807) is 7.05 Å². The van der Waals surface area contributed by atoms with Crippen LogP contribution in [0, 0.1) is 0 Å². The summed E-state index contributed by atoms with van der Waals surface area (Å²) < 4.78 is 1.47. The average molecular weight is 538 g/mol. The number of thiazole rings is 1. The van der Waals surface area contributed by atoms with Crippen LogP contribution >= 0.6 is 34.9 Å². The molecule has 0 bridgehead atoms. The molecule has 14 nitrogen and oxygen atoms in total. The predicted molar refractivity (Wildman–Crippen MR) is 128 cm³/mol. The van der Waals surface area contributed by atoms with Gasteiger partial charge in [0.25, 0.3) is 11.8 Å². The molecule has 0 aromatic carbocycles. The molecule has 1 fully saturated rings. The molecule has 2 aliphatic rings. The van der Waals surface area contributed by atoms with E-state index < -0.39 is 29.2 Å². The van der Waals surface area contributed by atoms with Crippen molar-refractivity contribution in [2.24, 2.45) is 12.2 Å². The lowest BCUT2D eigenvalue weighted by molar-refractivity contribution is -0.150. The summed E-state index contributed by atoms with van der Waals surface area (Å²) in [5, 5.41) is 29.1. The number of oxime groups is 1. The maximum Gasteiger partial charge on any atom is 0.352 e. The summed E-state index contributed by atoms with van der Waals surface area (Å²) in [6.07, 6.45) is 1.46. The van der Waals surface area contributed by atoms with Crippen molar-refractivity contribution >= 4 is 63.5 Å². The van der Waals surface area contributed by atoms with Crippen LogP contribution in [0.4, 0.5) is 5.13 Å². The Balaban J connectivity index is 1.49. The van der Waals surface area contributed by atoms with E-state index in [1.165, 1.54) is 44.6 Å². The van der Waals surface area contributed by atoms with Gasteiger partial charge in [0.15, 0.2) is 10.8 Å². The normalized spacial score (nSPS) is 19.7. The number of carbonyl (C=O) groups is 3. The van der Waals surface area contributed by atoms with Crippen molar-refractivity contribution in [2.45, 2.75) is 16.6 Å². The Morgan fingerprint density at radius 1 is 1.51 bits per heavy atom.